The average Bonchev–Trinajstić information content (AvgIpc) is 2.47. The zero-order valence-electron chi connectivity index (χ0n) is 12.7. The van der Waals surface area contributed by atoms with E-state index in [2.05, 4.69) is 0 Å². The van der Waals surface area contributed by atoms with Gasteiger partial charge < -0.3 is 14.6 Å². The standard InChI is InChI=1S/C18H22O3/c1-4-20-16-11-7-5-9-14(16)18(19)15-10-6-8-12-17(15)21-13(2)3/h5-13,18-19H,4H2,1-3H3. The van der Waals surface area contributed by atoms with Crippen molar-refractivity contribution in [3.05, 3.63) is 59.7 Å². The molecular formula is C18H22O3. The van der Waals surface area contributed by atoms with Crippen LogP contribution in [0.3, 0.4) is 0 Å². The van der Waals surface area contributed by atoms with Gasteiger partial charge in [0.1, 0.15) is 17.6 Å². The van der Waals surface area contributed by atoms with E-state index in [0.717, 1.165) is 11.1 Å². The minimum atomic E-state index is -0.775. The van der Waals surface area contributed by atoms with Crippen LogP contribution in [0.4, 0.5) is 0 Å². The zero-order chi connectivity index (χ0) is 15.2. The summed E-state index contributed by atoms with van der Waals surface area (Å²) in [6, 6.07) is 15.1. The maximum Gasteiger partial charge on any atom is 0.125 e. The fourth-order valence-electron chi connectivity index (χ4n) is 2.23. The van der Waals surface area contributed by atoms with E-state index in [1.165, 1.54) is 0 Å². The Bertz CT molecular complexity index is 578. The van der Waals surface area contributed by atoms with Crippen molar-refractivity contribution in [2.24, 2.45) is 0 Å². The van der Waals surface area contributed by atoms with E-state index in [-0.39, 0.29) is 6.10 Å². The lowest BCUT2D eigenvalue weighted by Crippen LogP contribution is -2.10. The summed E-state index contributed by atoms with van der Waals surface area (Å²) in [4.78, 5) is 0. The molecule has 1 unspecified atom stereocenters. The van der Waals surface area contributed by atoms with Gasteiger partial charge in [0.15, 0.2) is 0 Å². The van der Waals surface area contributed by atoms with Gasteiger partial charge in [-0.3, -0.25) is 0 Å². The molecule has 0 aliphatic carbocycles. The normalized spacial score (nSPS) is 12.2. The molecule has 2 aromatic carbocycles. The zero-order valence-corrected chi connectivity index (χ0v) is 12.7. The summed E-state index contributed by atoms with van der Waals surface area (Å²) in [5.74, 6) is 1.40. The van der Waals surface area contributed by atoms with Gasteiger partial charge in [-0.2, -0.15) is 0 Å². The molecule has 0 radical (unpaired) electrons. The van der Waals surface area contributed by atoms with Crippen LogP contribution in [0.1, 0.15) is 38.0 Å². The Morgan fingerprint density at radius 3 is 2.00 bits per heavy atom. The Morgan fingerprint density at radius 2 is 1.43 bits per heavy atom. The summed E-state index contributed by atoms with van der Waals surface area (Å²) < 4.78 is 11.4. The van der Waals surface area contributed by atoms with Crippen LogP contribution in [0.2, 0.25) is 0 Å². The summed E-state index contributed by atoms with van der Waals surface area (Å²) in [5.41, 5.74) is 1.50. The fourth-order valence-corrected chi connectivity index (χ4v) is 2.23. The third-order valence-electron chi connectivity index (χ3n) is 3.09. The van der Waals surface area contributed by atoms with Gasteiger partial charge in [-0.05, 0) is 32.9 Å². The molecule has 1 atom stereocenters. The molecule has 0 spiro atoms. The Balaban J connectivity index is 2.38. The van der Waals surface area contributed by atoms with E-state index in [1.54, 1.807) is 0 Å². The van der Waals surface area contributed by atoms with Crippen molar-refractivity contribution in [1.82, 2.24) is 0 Å². The van der Waals surface area contributed by atoms with Crippen molar-refractivity contribution in [2.75, 3.05) is 6.61 Å². The van der Waals surface area contributed by atoms with Crippen molar-refractivity contribution in [3.63, 3.8) is 0 Å². The molecule has 0 heterocycles. The van der Waals surface area contributed by atoms with E-state index in [1.807, 2.05) is 69.3 Å². The second kappa shape index (κ2) is 7.14. The largest absolute Gasteiger partial charge is 0.493 e. The highest BCUT2D eigenvalue weighted by molar-refractivity contribution is 5.45. The molecule has 2 rings (SSSR count). The first kappa shape index (κ1) is 15.4. The van der Waals surface area contributed by atoms with Gasteiger partial charge in [0.05, 0.1) is 12.7 Å². The van der Waals surface area contributed by atoms with Gasteiger partial charge in [0.25, 0.3) is 0 Å². The maximum atomic E-state index is 10.7. The smallest absolute Gasteiger partial charge is 0.125 e. The first-order valence-electron chi connectivity index (χ1n) is 7.28. The van der Waals surface area contributed by atoms with Gasteiger partial charge in [0, 0.05) is 11.1 Å². The predicted molar refractivity (Wildman–Crippen MR) is 83.9 cm³/mol. The molecule has 0 aromatic heterocycles. The van der Waals surface area contributed by atoms with Crippen LogP contribution in [0.5, 0.6) is 11.5 Å². The minimum Gasteiger partial charge on any atom is -0.493 e. The summed E-state index contributed by atoms with van der Waals surface area (Å²) in [6.45, 7) is 6.43. The van der Waals surface area contributed by atoms with Gasteiger partial charge >= 0.3 is 0 Å². The number of rotatable bonds is 6. The Hall–Kier alpha value is -2.00. The first-order chi connectivity index (χ1) is 10.1. The molecule has 2 aromatic rings. The van der Waals surface area contributed by atoms with E-state index in [9.17, 15) is 5.11 Å². The predicted octanol–water partition coefficient (Wildman–Crippen LogP) is 3.95. The number of hydrogen-bond acceptors (Lipinski definition) is 3. The third-order valence-corrected chi connectivity index (χ3v) is 3.09. The van der Waals surface area contributed by atoms with E-state index < -0.39 is 6.10 Å². The quantitative estimate of drug-likeness (QED) is 0.873. The van der Waals surface area contributed by atoms with Crippen LogP contribution in [-0.4, -0.2) is 17.8 Å². The van der Waals surface area contributed by atoms with Crippen molar-refractivity contribution in [3.8, 4) is 11.5 Å². The van der Waals surface area contributed by atoms with Gasteiger partial charge in [-0.25, -0.2) is 0 Å². The van der Waals surface area contributed by atoms with Crippen LogP contribution in [0.25, 0.3) is 0 Å². The molecule has 3 heteroatoms. The Kier molecular flexibility index (Phi) is 5.23. The molecule has 0 fully saturated rings. The van der Waals surface area contributed by atoms with Crippen molar-refractivity contribution < 1.29 is 14.6 Å². The summed E-state index contributed by atoms with van der Waals surface area (Å²) in [7, 11) is 0. The first-order valence-corrected chi connectivity index (χ1v) is 7.28. The topological polar surface area (TPSA) is 38.7 Å². The van der Waals surface area contributed by atoms with Crippen LogP contribution in [-0.2, 0) is 0 Å². The molecule has 3 nitrogen and oxygen atoms in total. The SMILES string of the molecule is CCOc1ccccc1C(O)c1ccccc1OC(C)C. The van der Waals surface area contributed by atoms with Crippen molar-refractivity contribution in [1.29, 1.82) is 0 Å². The molecule has 1 N–H and O–H groups in total. The molecule has 0 aliphatic heterocycles. The van der Waals surface area contributed by atoms with Crippen molar-refractivity contribution in [2.45, 2.75) is 33.0 Å². The van der Waals surface area contributed by atoms with E-state index >= 15 is 0 Å². The molecular weight excluding hydrogens is 264 g/mol. The number of aliphatic hydroxyl groups excluding tert-OH is 1. The summed E-state index contributed by atoms with van der Waals surface area (Å²) in [5, 5.41) is 10.7. The van der Waals surface area contributed by atoms with Gasteiger partial charge in [-0.15, -0.1) is 0 Å². The highest BCUT2D eigenvalue weighted by Crippen LogP contribution is 2.34. The molecule has 0 saturated carbocycles. The highest BCUT2D eigenvalue weighted by Gasteiger charge is 2.19. The van der Waals surface area contributed by atoms with Gasteiger partial charge in [-0.1, -0.05) is 36.4 Å². The lowest BCUT2D eigenvalue weighted by Gasteiger charge is -2.20. The fraction of sp³-hybridized carbons (Fsp3) is 0.333. The number of hydrogen-bond donors (Lipinski definition) is 1. The average molecular weight is 286 g/mol. The van der Waals surface area contributed by atoms with Crippen LogP contribution < -0.4 is 9.47 Å². The number of para-hydroxylation sites is 2. The number of benzene rings is 2. The number of aliphatic hydroxyl groups is 1. The molecule has 112 valence electrons. The number of ether oxygens (including phenoxy) is 2. The second-order valence-electron chi connectivity index (χ2n) is 5.08. The molecule has 0 aliphatic rings. The van der Waals surface area contributed by atoms with Crippen LogP contribution >= 0.6 is 0 Å². The lowest BCUT2D eigenvalue weighted by atomic mass is 10.00. The molecule has 0 amide bonds. The maximum absolute atomic E-state index is 10.7. The van der Waals surface area contributed by atoms with Crippen LogP contribution in [0, 0.1) is 0 Å². The Labute approximate surface area is 126 Å². The summed E-state index contributed by atoms with van der Waals surface area (Å²) >= 11 is 0. The van der Waals surface area contributed by atoms with E-state index in [0.29, 0.717) is 18.1 Å². The Morgan fingerprint density at radius 1 is 0.905 bits per heavy atom. The molecule has 21 heavy (non-hydrogen) atoms. The molecule has 0 saturated heterocycles. The molecule has 0 bridgehead atoms. The monoisotopic (exact) mass is 286 g/mol. The second-order valence-corrected chi connectivity index (χ2v) is 5.08. The van der Waals surface area contributed by atoms with Crippen LogP contribution in [0.15, 0.2) is 48.5 Å². The third kappa shape index (κ3) is 3.76. The van der Waals surface area contributed by atoms with Gasteiger partial charge in [0.2, 0.25) is 0 Å². The lowest BCUT2D eigenvalue weighted by molar-refractivity contribution is 0.193. The van der Waals surface area contributed by atoms with E-state index in [4.69, 9.17) is 9.47 Å². The van der Waals surface area contributed by atoms with Crippen molar-refractivity contribution >= 4 is 0 Å². The minimum absolute atomic E-state index is 0.0560. The highest BCUT2D eigenvalue weighted by atomic mass is 16.5. The summed E-state index contributed by atoms with van der Waals surface area (Å²) in [6.07, 6.45) is -0.719.